The third-order valence-corrected chi connectivity index (χ3v) is 3.53. The van der Waals surface area contributed by atoms with Crippen LogP contribution in [0.4, 0.5) is 8.78 Å². The Kier molecular flexibility index (Phi) is 4.82. The molecule has 108 valence electrons. The average molecular weight is 345 g/mol. The van der Waals surface area contributed by atoms with Gasteiger partial charge in [-0.05, 0) is 46.6 Å². The second-order valence-corrected chi connectivity index (χ2v) is 5.23. The summed E-state index contributed by atoms with van der Waals surface area (Å²) in [4.78, 5) is 0. The van der Waals surface area contributed by atoms with Gasteiger partial charge in [-0.15, -0.1) is 5.10 Å². The van der Waals surface area contributed by atoms with E-state index in [0.29, 0.717) is 16.6 Å². The average Bonchev–Trinajstić information content (AvgIpc) is 2.67. The van der Waals surface area contributed by atoms with Crippen molar-refractivity contribution in [1.29, 1.82) is 0 Å². The summed E-state index contributed by atoms with van der Waals surface area (Å²) in [7, 11) is 1.78. The fraction of sp³-hybridized carbons (Fsp3) is 0.385. The predicted molar refractivity (Wildman–Crippen MR) is 75.2 cm³/mol. The van der Waals surface area contributed by atoms with Gasteiger partial charge in [-0.3, -0.25) is 0 Å². The van der Waals surface area contributed by atoms with Gasteiger partial charge in [0.05, 0.1) is 11.7 Å². The third-order valence-electron chi connectivity index (χ3n) is 2.97. The molecule has 2 aromatic rings. The molecule has 1 aromatic heterocycles. The van der Waals surface area contributed by atoms with Crippen LogP contribution < -0.4 is 5.32 Å². The van der Waals surface area contributed by atoms with Crippen molar-refractivity contribution in [1.82, 2.24) is 20.3 Å². The van der Waals surface area contributed by atoms with Crippen molar-refractivity contribution in [2.24, 2.45) is 7.05 Å². The van der Waals surface area contributed by atoms with E-state index in [2.05, 4.69) is 31.6 Å². The predicted octanol–water partition coefficient (Wildman–Crippen LogP) is 2.75. The van der Waals surface area contributed by atoms with E-state index in [0.717, 1.165) is 18.3 Å². The molecule has 0 fully saturated rings. The van der Waals surface area contributed by atoms with Gasteiger partial charge < -0.3 is 5.32 Å². The molecular weight excluding hydrogens is 330 g/mol. The zero-order valence-electron chi connectivity index (χ0n) is 11.2. The van der Waals surface area contributed by atoms with E-state index in [1.54, 1.807) is 11.7 Å². The molecule has 1 aromatic carbocycles. The number of nitrogens with one attached hydrogen (secondary N) is 1. The highest BCUT2D eigenvalue weighted by molar-refractivity contribution is 9.10. The normalized spacial score (nSPS) is 12.7. The van der Waals surface area contributed by atoms with E-state index in [9.17, 15) is 8.78 Å². The molecule has 1 heterocycles. The summed E-state index contributed by atoms with van der Waals surface area (Å²) in [6.07, 6.45) is 0.447. The van der Waals surface area contributed by atoms with Gasteiger partial charge in [0.25, 0.3) is 0 Å². The summed E-state index contributed by atoms with van der Waals surface area (Å²) in [5.41, 5.74) is 1.43. The highest BCUT2D eigenvalue weighted by atomic mass is 79.9. The molecule has 2 rings (SSSR count). The molecular formula is C13H15BrF2N4. The van der Waals surface area contributed by atoms with E-state index in [-0.39, 0.29) is 6.04 Å². The molecule has 0 saturated carbocycles. The first-order valence-electron chi connectivity index (χ1n) is 6.24. The molecule has 0 saturated heterocycles. The minimum atomic E-state index is -0.572. The van der Waals surface area contributed by atoms with Gasteiger partial charge in [-0.2, -0.15) is 0 Å². The van der Waals surface area contributed by atoms with Crippen molar-refractivity contribution < 1.29 is 8.78 Å². The molecule has 7 heteroatoms. The highest BCUT2D eigenvalue weighted by Crippen LogP contribution is 2.24. The Labute approximate surface area is 124 Å². The van der Waals surface area contributed by atoms with Gasteiger partial charge in [-0.25, -0.2) is 13.5 Å². The van der Waals surface area contributed by atoms with Crippen LogP contribution in [0.15, 0.2) is 22.8 Å². The van der Waals surface area contributed by atoms with E-state index in [1.807, 2.05) is 6.92 Å². The lowest BCUT2D eigenvalue weighted by atomic mass is 10.0. The van der Waals surface area contributed by atoms with Gasteiger partial charge in [0.2, 0.25) is 0 Å². The SMILES string of the molecule is CCNC(Cc1cc(F)cc(F)c1)c1c(Br)nnn1C. The summed E-state index contributed by atoms with van der Waals surface area (Å²) in [5.74, 6) is -1.14. The molecule has 20 heavy (non-hydrogen) atoms. The summed E-state index contributed by atoms with van der Waals surface area (Å²) >= 11 is 3.35. The molecule has 0 radical (unpaired) electrons. The summed E-state index contributed by atoms with van der Waals surface area (Å²) in [6, 6.07) is 3.42. The summed E-state index contributed by atoms with van der Waals surface area (Å²) in [6.45, 7) is 2.69. The number of nitrogens with zero attached hydrogens (tertiary/aromatic N) is 3. The number of rotatable bonds is 5. The Balaban J connectivity index is 2.30. The van der Waals surface area contributed by atoms with Crippen LogP contribution in [0.3, 0.4) is 0 Å². The number of benzene rings is 1. The largest absolute Gasteiger partial charge is 0.309 e. The number of likely N-dealkylation sites (N-methyl/N-ethyl adjacent to an activating group) is 1. The minimum absolute atomic E-state index is 0.129. The molecule has 0 amide bonds. The maximum absolute atomic E-state index is 13.3. The van der Waals surface area contributed by atoms with Crippen LogP contribution >= 0.6 is 15.9 Å². The van der Waals surface area contributed by atoms with Crippen molar-refractivity contribution in [2.45, 2.75) is 19.4 Å². The molecule has 0 bridgehead atoms. The smallest absolute Gasteiger partial charge is 0.153 e. The Morgan fingerprint density at radius 2 is 1.95 bits per heavy atom. The fourth-order valence-electron chi connectivity index (χ4n) is 2.18. The lowest BCUT2D eigenvalue weighted by molar-refractivity contribution is 0.500. The standard InChI is InChI=1S/C13H15BrF2N4/c1-3-17-11(12-13(14)18-19-20(12)2)6-8-4-9(15)7-10(16)5-8/h4-5,7,11,17H,3,6H2,1-2H3. The van der Waals surface area contributed by atoms with Crippen molar-refractivity contribution in [3.05, 3.63) is 45.7 Å². The van der Waals surface area contributed by atoms with Gasteiger partial charge in [-0.1, -0.05) is 12.1 Å². The van der Waals surface area contributed by atoms with Crippen LogP contribution in [0.2, 0.25) is 0 Å². The Morgan fingerprint density at radius 3 is 2.45 bits per heavy atom. The van der Waals surface area contributed by atoms with Gasteiger partial charge >= 0.3 is 0 Å². The molecule has 0 spiro atoms. The van der Waals surface area contributed by atoms with Crippen LogP contribution in [0.25, 0.3) is 0 Å². The third kappa shape index (κ3) is 3.40. The highest BCUT2D eigenvalue weighted by Gasteiger charge is 2.20. The van der Waals surface area contributed by atoms with E-state index in [4.69, 9.17) is 0 Å². The van der Waals surface area contributed by atoms with Gasteiger partial charge in [0.1, 0.15) is 11.6 Å². The first-order chi connectivity index (χ1) is 9.51. The molecule has 4 nitrogen and oxygen atoms in total. The van der Waals surface area contributed by atoms with Crippen LogP contribution in [-0.4, -0.2) is 21.5 Å². The second-order valence-electron chi connectivity index (χ2n) is 4.48. The minimum Gasteiger partial charge on any atom is -0.309 e. The van der Waals surface area contributed by atoms with Crippen molar-refractivity contribution in [2.75, 3.05) is 6.54 Å². The first-order valence-corrected chi connectivity index (χ1v) is 7.04. The first kappa shape index (κ1) is 15.1. The fourth-order valence-corrected chi connectivity index (χ4v) is 2.79. The maximum atomic E-state index is 13.3. The number of aryl methyl sites for hydroxylation is 1. The number of hydrogen-bond acceptors (Lipinski definition) is 3. The van der Waals surface area contributed by atoms with Crippen molar-refractivity contribution in [3.63, 3.8) is 0 Å². The Bertz CT molecular complexity index is 560. The lowest BCUT2D eigenvalue weighted by Gasteiger charge is -2.18. The van der Waals surface area contributed by atoms with Gasteiger partial charge in [0, 0.05) is 13.1 Å². The molecule has 0 aliphatic rings. The van der Waals surface area contributed by atoms with E-state index >= 15 is 0 Å². The lowest BCUT2D eigenvalue weighted by Crippen LogP contribution is -2.25. The zero-order chi connectivity index (χ0) is 14.7. The molecule has 1 N–H and O–H groups in total. The summed E-state index contributed by atoms with van der Waals surface area (Å²) < 4.78 is 28.8. The van der Waals surface area contributed by atoms with E-state index < -0.39 is 11.6 Å². The molecule has 1 atom stereocenters. The Hall–Kier alpha value is -1.34. The van der Waals surface area contributed by atoms with Gasteiger partial charge in [0.15, 0.2) is 4.60 Å². The quantitative estimate of drug-likeness (QED) is 0.906. The van der Waals surface area contributed by atoms with Crippen LogP contribution in [0.1, 0.15) is 24.2 Å². The topological polar surface area (TPSA) is 42.7 Å². The molecule has 0 aliphatic carbocycles. The second kappa shape index (κ2) is 6.41. The van der Waals surface area contributed by atoms with Crippen molar-refractivity contribution >= 4 is 15.9 Å². The number of hydrogen-bond donors (Lipinski definition) is 1. The number of halogens is 3. The molecule has 1 unspecified atom stereocenters. The zero-order valence-corrected chi connectivity index (χ0v) is 12.8. The monoisotopic (exact) mass is 344 g/mol. The van der Waals surface area contributed by atoms with Crippen LogP contribution in [0, 0.1) is 11.6 Å². The maximum Gasteiger partial charge on any atom is 0.153 e. The number of aromatic nitrogens is 3. The Morgan fingerprint density at radius 1 is 1.30 bits per heavy atom. The van der Waals surface area contributed by atoms with Crippen LogP contribution in [0.5, 0.6) is 0 Å². The molecule has 0 aliphatic heterocycles. The van der Waals surface area contributed by atoms with Crippen LogP contribution in [-0.2, 0) is 13.5 Å². The van der Waals surface area contributed by atoms with E-state index in [1.165, 1.54) is 12.1 Å². The van der Waals surface area contributed by atoms with Crippen molar-refractivity contribution in [3.8, 4) is 0 Å². The summed E-state index contributed by atoms with van der Waals surface area (Å²) in [5, 5.41) is 11.1.